The molecule has 0 radical (unpaired) electrons. The van der Waals surface area contributed by atoms with Crippen LogP contribution in [0.1, 0.15) is 25.1 Å². The first-order valence-corrected chi connectivity index (χ1v) is 7.66. The Kier molecular flexibility index (Phi) is 4.94. The fourth-order valence-corrected chi connectivity index (χ4v) is 2.16. The van der Waals surface area contributed by atoms with Crippen molar-refractivity contribution in [3.8, 4) is 11.5 Å². The van der Waals surface area contributed by atoms with Gasteiger partial charge in [-0.3, -0.25) is 4.79 Å². The number of aromatic nitrogens is 1. The number of nitrogens with zero attached hydrogens (tertiary/aromatic N) is 2. The summed E-state index contributed by atoms with van der Waals surface area (Å²) < 4.78 is 10.4. The monoisotopic (exact) mass is 339 g/mol. The smallest absolute Gasteiger partial charge is 0.221 e. The van der Waals surface area contributed by atoms with Crippen LogP contribution in [-0.2, 0) is 16.2 Å². The third-order valence-corrected chi connectivity index (χ3v) is 3.36. The molecule has 0 fully saturated rings. The van der Waals surface area contributed by atoms with Crippen LogP contribution in [0.5, 0.6) is 0 Å². The highest BCUT2D eigenvalue weighted by Gasteiger charge is 2.09. The lowest BCUT2D eigenvalue weighted by Gasteiger charge is -2.04. The first-order chi connectivity index (χ1) is 12.1. The first kappa shape index (κ1) is 16.5. The van der Waals surface area contributed by atoms with Gasteiger partial charge in [0.2, 0.25) is 11.7 Å². The molecule has 128 valence electrons. The van der Waals surface area contributed by atoms with E-state index in [-0.39, 0.29) is 12.5 Å². The van der Waals surface area contributed by atoms with E-state index in [9.17, 15) is 4.79 Å². The Morgan fingerprint density at radius 1 is 1.20 bits per heavy atom. The molecule has 1 aromatic carbocycles. The maximum Gasteiger partial charge on any atom is 0.221 e. The molecule has 2 heterocycles. The van der Waals surface area contributed by atoms with Crippen molar-refractivity contribution < 1.29 is 18.6 Å². The van der Waals surface area contributed by atoms with Gasteiger partial charge in [-0.15, -0.1) is 0 Å². The summed E-state index contributed by atoms with van der Waals surface area (Å²) in [5.74, 6) is 1.04. The third-order valence-electron chi connectivity index (χ3n) is 3.36. The Balaban J connectivity index is 1.57. The molecule has 7 heteroatoms. The predicted octanol–water partition coefficient (Wildman–Crippen LogP) is 3.83. The SMILES string of the molecule is CC(=O)Nc1ccc(C(C)=NOCc2cc(-c3ccco3)on2)cc1. The molecule has 1 N–H and O–H groups in total. The normalized spacial score (nSPS) is 11.4. The summed E-state index contributed by atoms with van der Waals surface area (Å²) in [5.41, 5.74) is 2.96. The molecule has 0 saturated heterocycles. The number of furan rings is 1. The molecule has 25 heavy (non-hydrogen) atoms. The van der Waals surface area contributed by atoms with Gasteiger partial charge in [-0.05, 0) is 36.8 Å². The predicted molar refractivity (Wildman–Crippen MR) is 92.0 cm³/mol. The average Bonchev–Trinajstić information content (AvgIpc) is 3.26. The van der Waals surface area contributed by atoms with Crippen molar-refractivity contribution in [3.05, 3.63) is 60.0 Å². The number of rotatable bonds is 6. The second-order valence-electron chi connectivity index (χ2n) is 5.37. The van der Waals surface area contributed by atoms with Crippen molar-refractivity contribution in [2.24, 2.45) is 5.16 Å². The lowest BCUT2D eigenvalue weighted by molar-refractivity contribution is -0.114. The summed E-state index contributed by atoms with van der Waals surface area (Å²) in [6.45, 7) is 3.49. The van der Waals surface area contributed by atoms with E-state index >= 15 is 0 Å². The van der Waals surface area contributed by atoms with Crippen molar-refractivity contribution in [2.45, 2.75) is 20.5 Å². The maximum absolute atomic E-state index is 11.0. The molecular formula is C18H17N3O4. The van der Waals surface area contributed by atoms with E-state index in [1.54, 1.807) is 24.5 Å². The number of amides is 1. The number of nitrogens with one attached hydrogen (secondary N) is 1. The van der Waals surface area contributed by atoms with Gasteiger partial charge in [0.25, 0.3) is 0 Å². The summed E-state index contributed by atoms with van der Waals surface area (Å²) in [4.78, 5) is 16.3. The molecule has 3 rings (SSSR count). The van der Waals surface area contributed by atoms with Gasteiger partial charge in [0.1, 0.15) is 5.69 Å². The van der Waals surface area contributed by atoms with Crippen LogP contribution in [0.3, 0.4) is 0 Å². The van der Waals surface area contributed by atoms with Crippen LogP contribution in [0.2, 0.25) is 0 Å². The van der Waals surface area contributed by atoms with Crippen molar-refractivity contribution in [1.82, 2.24) is 5.16 Å². The van der Waals surface area contributed by atoms with Gasteiger partial charge in [0, 0.05) is 18.7 Å². The number of benzene rings is 1. The van der Waals surface area contributed by atoms with E-state index < -0.39 is 0 Å². The molecular weight excluding hydrogens is 322 g/mol. The molecule has 0 aliphatic rings. The summed E-state index contributed by atoms with van der Waals surface area (Å²) in [5, 5.41) is 10.7. The van der Waals surface area contributed by atoms with Crippen LogP contribution in [-0.4, -0.2) is 16.8 Å². The zero-order valence-electron chi connectivity index (χ0n) is 13.9. The van der Waals surface area contributed by atoms with Crippen LogP contribution in [0.25, 0.3) is 11.5 Å². The van der Waals surface area contributed by atoms with E-state index in [1.165, 1.54) is 6.92 Å². The molecule has 0 unspecified atom stereocenters. The molecule has 1 amide bonds. The van der Waals surface area contributed by atoms with Crippen molar-refractivity contribution in [1.29, 1.82) is 0 Å². The standard InChI is InChI=1S/C18H17N3O4/c1-12(14-5-7-15(8-6-14)19-13(2)22)20-24-11-16-10-18(25-21-16)17-4-3-9-23-17/h3-10H,11H2,1-2H3,(H,19,22). The fraction of sp³-hybridized carbons (Fsp3) is 0.167. The minimum atomic E-state index is -0.108. The third kappa shape index (κ3) is 4.35. The van der Waals surface area contributed by atoms with Gasteiger partial charge < -0.3 is 19.1 Å². The van der Waals surface area contributed by atoms with Crippen LogP contribution >= 0.6 is 0 Å². The fourth-order valence-electron chi connectivity index (χ4n) is 2.16. The van der Waals surface area contributed by atoms with E-state index in [2.05, 4.69) is 15.6 Å². The largest absolute Gasteiger partial charge is 0.461 e. The Morgan fingerprint density at radius 3 is 2.68 bits per heavy atom. The summed E-state index contributed by atoms with van der Waals surface area (Å²) in [6, 6.07) is 12.6. The minimum Gasteiger partial charge on any atom is -0.461 e. The Labute approximate surface area is 144 Å². The Morgan fingerprint density at radius 2 is 2.00 bits per heavy atom. The zero-order valence-corrected chi connectivity index (χ0v) is 13.9. The van der Waals surface area contributed by atoms with Gasteiger partial charge in [-0.2, -0.15) is 0 Å². The quantitative estimate of drug-likeness (QED) is 0.544. The average molecular weight is 339 g/mol. The second kappa shape index (κ2) is 7.48. The van der Waals surface area contributed by atoms with E-state index in [0.29, 0.717) is 22.9 Å². The lowest BCUT2D eigenvalue weighted by atomic mass is 10.1. The van der Waals surface area contributed by atoms with Gasteiger partial charge in [0.15, 0.2) is 12.4 Å². The number of anilines is 1. The van der Waals surface area contributed by atoms with E-state index in [1.807, 2.05) is 31.2 Å². The molecule has 0 saturated carbocycles. The van der Waals surface area contributed by atoms with Crippen LogP contribution < -0.4 is 5.32 Å². The first-order valence-electron chi connectivity index (χ1n) is 7.66. The van der Waals surface area contributed by atoms with Gasteiger partial charge in [0.05, 0.1) is 12.0 Å². The van der Waals surface area contributed by atoms with E-state index in [4.69, 9.17) is 13.8 Å². The number of oxime groups is 1. The molecule has 3 aromatic rings. The summed E-state index contributed by atoms with van der Waals surface area (Å²) in [7, 11) is 0. The highest BCUT2D eigenvalue weighted by molar-refractivity contribution is 5.99. The van der Waals surface area contributed by atoms with Crippen molar-refractivity contribution >= 4 is 17.3 Å². The summed E-state index contributed by atoms with van der Waals surface area (Å²) >= 11 is 0. The number of carbonyl (C=O) groups excluding carboxylic acids is 1. The van der Waals surface area contributed by atoms with E-state index in [0.717, 1.165) is 11.3 Å². The van der Waals surface area contributed by atoms with Gasteiger partial charge >= 0.3 is 0 Å². The lowest BCUT2D eigenvalue weighted by Crippen LogP contribution is -2.06. The molecule has 0 aliphatic heterocycles. The summed E-state index contributed by atoms with van der Waals surface area (Å²) in [6.07, 6.45) is 1.57. The van der Waals surface area contributed by atoms with Crippen LogP contribution in [0, 0.1) is 0 Å². The Hall–Kier alpha value is -3.35. The molecule has 7 nitrogen and oxygen atoms in total. The highest BCUT2D eigenvalue weighted by Crippen LogP contribution is 2.20. The molecule has 0 bridgehead atoms. The highest BCUT2D eigenvalue weighted by atomic mass is 16.6. The minimum absolute atomic E-state index is 0.108. The number of carbonyl (C=O) groups is 1. The molecule has 0 atom stereocenters. The number of hydrogen-bond donors (Lipinski definition) is 1. The van der Waals surface area contributed by atoms with Crippen LogP contribution in [0.15, 0.2) is 62.8 Å². The van der Waals surface area contributed by atoms with Gasteiger partial charge in [-0.25, -0.2) is 0 Å². The van der Waals surface area contributed by atoms with Crippen LogP contribution in [0.4, 0.5) is 5.69 Å². The molecule has 0 spiro atoms. The van der Waals surface area contributed by atoms with Crippen molar-refractivity contribution in [3.63, 3.8) is 0 Å². The number of hydrogen-bond acceptors (Lipinski definition) is 6. The molecule has 0 aliphatic carbocycles. The van der Waals surface area contributed by atoms with Gasteiger partial charge in [-0.1, -0.05) is 22.4 Å². The van der Waals surface area contributed by atoms with Crippen molar-refractivity contribution in [2.75, 3.05) is 5.32 Å². The zero-order chi connectivity index (χ0) is 17.6. The Bertz CT molecular complexity index is 864. The maximum atomic E-state index is 11.0. The second-order valence-corrected chi connectivity index (χ2v) is 5.37. The molecule has 2 aromatic heterocycles. The topological polar surface area (TPSA) is 89.9 Å².